The van der Waals surface area contributed by atoms with Gasteiger partial charge in [-0.3, -0.25) is 15.0 Å². The first-order valence-corrected chi connectivity index (χ1v) is 4.91. The van der Waals surface area contributed by atoms with Crippen molar-refractivity contribution in [2.24, 2.45) is 0 Å². The molecule has 1 aromatic heterocycles. The summed E-state index contributed by atoms with van der Waals surface area (Å²) in [6.07, 6.45) is 0. The summed E-state index contributed by atoms with van der Waals surface area (Å²) in [4.78, 5) is 32.8. The molecule has 2 aromatic rings. The van der Waals surface area contributed by atoms with Crippen LogP contribution in [-0.4, -0.2) is 15.8 Å². The zero-order chi connectivity index (χ0) is 12.7. The van der Waals surface area contributed by atoms with Crippen molar-refractivity contribution in [3.05, 3.63) is 49.5 Å². The molecular formula is C11H10N2O4. The largest absolute Gasteiger partial charge is 0.478 e. The van der Waals surface area contributed by atoms with Gasteiger partial charge in [-0.25, -0.2) is 4.79 Å². The number of carbonyl (C=O) groups is 1. The quantitative estimate of drug-likeness (QED) is 0.744. The van der Waals surface area contributed by atoms with E-state index in [1.54, 1.807) is 19.9 Å². The van der Waals surface area contributed by atoms with E-state index >= 15 is 0 Å². The van der Waals surface area contributed by atoms with Gasteiger partial charge in [0, 0.05) is 0 Å². The Morgan fingerprint density at radius 2 is 1.82 bits per heavy atom. The summed E-state index contributed by atoms with van der Waals surface area (Å²) in [6, 6.07) is 3.25. The Hall–Kier alpha value is -2.37. The molecule has 0 bridgehead atoms. The number of benzene rings is 1. The van der Waals surface area contributed by atoms with Gasteiger partial charge in [0.15, 0.2) is 0 Å². The van der Waals surface area contributed by atoms with Gasteiger partial charge < -0.3 is 5.11 Å². The van der Waals surface area contributed by atoms with E-state index in [2.05, 4.69) is 5.43 Å². The summed E-state index contributed by atoms with van der Waals surface area (Å²) in [6.45, 7) is 3.48. The maximum absolute atomic E-state index is 11.1. The molecule has 0 spiro atoms. The van der Waals surface area contributed by atoms with Crippen molar-refractivity contribution in [2.45, 2.75) is 13.8 Å². The van der Waals surface area contributed by atoms with Crippen molar-refractivity contribution < 1.29 is 9.90 Å². The standard InChI is InChI=1S/C11H10N2O4/c1-5-3-6(2)8(7(4-5)11(16)17)12-13-9(14)10(13)15/h3-4,12H,1-2H3,(H,16,17). The molecule has 6 heteroatoms. The Morgan fingerprint density at radius 1 is 1.24 bits per heavy atom. The van der Waals surface area contributed by atoms with Crippen LogP contribution < -0.4 is 16.5 Å². The summed E-state index contributed by atoms with van der Waals surface area (Å²) in [7, 11) is 0. The third kappa shape index (κ3) is 1.84. The van der Waals surface area contributed by atoms with Crippen molar-refractivity contribution in [1.29, 1.82) is 0 Å². The van der Waals surface area contributed by atoms with Crippen LogP contribution in [0.15, 0.2) is 21.7 Å². The second kappa shape index (κ2) is 3.58. The van der Waals surface area contributed by atoms with Crippen LogP contribution in [0.1, 0.15) is 21.5 Å². The Kier molecular flexibility index (Phi) is 2.35. The third-order valence-electron chi connectivity index (χ3n) is 2.47. The minimum atomic E-state index is -1.11. The lowest BCUT2D eigenvalue weighted by atomic mass is 10.0. The van der Waals surface area contributed by atoms with E-state index in [9.17, 15) is 14.4 Å². The Balaban J connectivity index is 2.52. The van der Waals surface area contributed by atoms with E-state index in [-0.39, 0.29) is 11.3 Å². The van der Waals surface area contributed by atoms with Crippen molar-refractivity contribution >= 4 is 11.7 Å². The van der Waals surface area contributed by atoms with Crippen LogP contribution in [0.4, 0.5) is 5.69 Å². The number of rotatable bonds is 3. The van der Waals surface area contributed by atoms with Crippen LogP contribution in [0.5, 0.6) is 0 Å². The van der Waals surface area contributed by atoms with Gasteiger partial charge in [0.05, 0.1) is 11.3 Å². The Morgan fingerprint density at radius 3 is 2.29 bits per heavy atom. The number of nitrogens with one attached hydrogen (secondary N) is 1. The van der Waals surface area contributed by atoms with Crippen LogP contribution in [0.3, 0.4) is 0 Å². The highest BCUT2D eigenvalue weighted by Gasteiger charge is 2.20. The normalized spacial score (nSPS) is 10.7. The van der Waals surface area contributed by atoms with Gasteiger partial charge in [-0.2, -0.15) is 4.68 Å². The summed E-state index contributed by atoms with van der Waals surface area (Å²) < 4.78 is 0.782. The molecule has 0 aliphatic carbocycles. The van der Waals surface area contributed by atoms with E-state index < -0.39 is 17.1 Å². The van der Waals surface area contributed by atoms with Gasteiger partial charge in [0.25, 0.3) is 0 Å². The molecular weight excluding hydrogens is 224 g/mol. The van der Waals surface area contributed by atoms with E-state index in [4.69, 9.17) is 5.11 Å². The number of carboxylic acids is 1. The lowest BCUT2D eigenvalue weighted by molar-refractivity contribution is 0.0697. The van der Waals surface area contributed by atoms with Gasteiger partial charge in [0.2, 0.25) is 0 Å². The average molecular weight is 234 g/mol. The number of anilines is 1. The number of aryl methyl sites for hydroxylation is 2. The Bertz CT molecular complexity index is 652. The molecule has 0 saturated carbocycles. The zero-order valence-corrected chi connectivity index (χ0v) is 9.27. The molecule has 0 radical (unpaired) electrons. The zero-order valence-electron chi connectivity index (χ0n) is 9.27. The topological polar surface area (TPSA) is 88.4 Å². The van der Waals surface area contributed by atoms with Gasteiger partial charge in [-0.1, -0.05) is 6.07 Å². The molecule has 0 atom stereocenters. The highest BCUT2D eigenvalue weighted by Crippen LogP contribution is 2.22. The molecule has 0 unspecified atom stereocenters. The smallest absolute Gasteiger partial charge is 0.340 e. The maximum atomic E-state index is 11.1. The first-order chi connectivity index (χ1) is 7.91. The number of carboxylic acid groups (broad SMARTS) is 1. The summed E-state index contributed by atoms with van der Waals surface area (Å²) >= 11 is 0. The molecule has 0 fully saturated rings. The molecule has 17 heavy (non-hydrogen) atoms. The number of aromatic nitrogens is 1. The molecule has 0 amide bonds. The predicted octanol–water partition coefficient (Wildman–Crippen LogP) is 0.274. The molecule has 1 heterocycles. The predicted molar refractivity (Wildman–Crippen MR) is 61.2 cm³/mol. The summed E-state index contributed by atoms with van der Waals surface area (Å²) in [5.41, 5.74) is 2.95. The molecule has 0 saturated heterocycles. The van der Waals surface area contributed by atoms with Crippen LogP contribution in [0.25, 0.3) is 0 Å². The number of hydrogen-bond donors (Lipinski definition) is 2. The molecule has 2 N–H and O–H groups in total. The molecule has 0 aliphatic rings. The third-order valence-corrected chi connectivity index (χ3v) is 2.47. The fraction of sp³-hybridized carbons (Fsp3) is 0.182. The summed E-state index contributed by atoms with van der Waals surface area (Å²) in [5, 5.41) is 9.05. The molecule has 2 rings (SSSR count). The van der Waals surface area contributed by atoms with Crippen molar-refractivity contribution in [2.75, 3.05) is 5.43 Å². The van der Waals surface area contributed by atoms with Gasteiger partial charge in [0.1, 0.15) is 0 Å². The molecule has 6 nitrogen and oxygen atoms in total. The van der Waals surface area contributed by atoms with Gasteiger partial charge in [-0.05, 0) is 31.0 Å². The van der Waals surface area contributed by atoms with Gasteiger partial charge in [-0.15, -0.1) is 0 Å². The highest BCUT2D eigenvalue weighted by molar-refractivity contribution is 5.95. The van der Waals surface area contributed by atoms with E-state index in [1.807, 2.05) is 0 Å². The monoisotopic (exact) mass is 234 g/mol. The number of aromatic carboxylic acids is 1. The fourth-order valence-corrected chi connectivity index (χ4v) is 1.63. The van der Waals surface area contributed by atoms with Crippen LogP contribution in [-0.2, 0) is 0 Å². The van der Waals surface area contributed by atoms with Crippen molar-refractivity contribution in [1.82, 2.24) is 4.68 Å². The van der Waals surface area contributed by atoms with E-state index in [0.29, 0.717) is 5.56 Å². The second-order valence-electron chi connectivity index (χ2n) is 3.87. The number of nitrogens with zero attached hydrogens (tertiary/aromatic N) is 1. The first-order valence-electron chi connectivity index (χ1n) is 4.91. The van der Waals surface area contributed by atoms with E-state index in [1.165, 1.54) is 6.07 Å². The second-order valence-corrected chi connectivity index (χ2v) is 3.87. The minimum Gasteiger partial charge on any atom is -0.478 e. The van der Waals surface area contributed by atoms with Crippen molar-refractivity contribution in [3.63, 3.8) is 0 Å². The highest BCUT2D eigenvalue weighted by atomic mass is 16.4. The lowest BCUT2D eigenvalue weighted by Crippen LogP contribution is -2.13. The molecule has 1 aromatic carbocycles. The number of hydrogen-bond acceptors (Lipinski definition) is 4. The summed E-state index contributed by atoms with van der Waals surface area (Å²) in [5.74, 6) is -1.11. The Labute approximate surface area is 95.8 Å². The first kappa shape index (κ1) is 11.1. The SMILES string of the molecule is Cc1cc(C)c(Nn2c(=O)c2=O)c(C(=O)O)c1. The van der Waals surface area contributed by atoms with Crippen LogP contribution in [0.2, 0.25) is 0 Å². The van der Waals surface area contributed by atoms with E-state index in [0.717, 1.165) is 10.2 Å². The van der Waals surface area contributed by atoms with Crippen LogP contribution in [0, 0.1) is 13.8 Å². The molecule has 0 aliphatic heterocycles. The van der Waals surface area contributed by atoms with Gasteiger partial charge >= 0.3 is 17.1 Å². The fourth-order valence-electron chi connectivity index (χ4n) is 1.63. The average Bonchev–Trinajstić information content (AvgIpc) is 2.79. The minimum absolute atomic E-state index is 0.0370. The maximum Gasteiger partial charge on any atom is 0.340 e. The van der Waals surface area contributed by atoms with Crippen molar-refractivity contribution in [3.8, 4) is 0 Å². The lowest BCUT2D eigenvalue weighted by Gasteiger charge is -2.10. The molecule has 88 valence electrons. The van der Waals surface area contributed by atoms with Crippen LogP contribution >= 0.6 is 0 Å².